The first kappa shape index (κ1) is 39.0. The zero-order valence-electron chi connectivity index (χ0n) is 31.9. The van der Waals surface area contributed by atoms with Crippen molar-refractivity contribution < 1.29 is 33.8 Å². The van der Waals surface area contributed by atoms with Gasteiger partial charge in [0.2, 0.25) is 11.8 Å². The predicted octanol–water partition coefficient (Wildman–Crippen LogP) is 6.32. The molecule has 13 nitrogen and oxygen atoms in total. The number of aliphatic carboxylic acids is 1. The molecule has 1 aromatic carbocycles. The number of hydrogen-bond donors (Lipinski definition) is 4. The lowest BCUT2D eigenvalue weighted by atomic mass is 9.85. The van der Waals surface area contributed by atoms with E-state index >= 15 is 0 Å². The molecule has 2 saturated carbocycles. The maximum atomic E-state index is 14.6. The summed E-state index contributed by atoms with van der Waals surface area (Å²) in [5, 5.41) is 22.5. The Morgan fingerprint density at radius 2 is 1.87 bits per heavy atom. The summed E-state index contributed by atoms with van der Waals surface area (Å²) in [7, 11) is 0. The van der Waals surface area contributed by atoms with Gasteiger partial charge in [-0.1, -0.05) is 45.9 Å². The van der Waals surface area contributed by atoms with E-state index in [-0.39, 0.29) is 31.5 Å². The molecular weight excluding hydrogens is 709 g/mol. The number of rotatable bonds is 13. The number of hydrogen-bond acceptors (Lipinski definition) is 10. The summed E-state index contributed by atoms with van der Waals surface area (Å²) in [6.45, 7) is 15.4. The second-order valence-corrected chi connectivity index (χ2v) is 16.9. The molecule has 0 spiro atoms. The van der Waals surface area contributed by atoms with E-state index in [1.165, 1.54) is 22.3 Å². The number of amides is 3. The lowest BCUT2D eigenvalue weighted by Gasteiger charge is -2.35. The van der Waals surface area contributed by atoms with Crippen LogP contribution < -0.4 is 20.7 Å². The average Bonchev–Trinajstić information content (AvgIpc) is 3.53. The Morgan fingerprint density at radius 1 is 1.13 bits per heavy atom. The number of anilines is 1. The van der Waals surface area contributed by atoms with Crippen LogP contribution in [0.1, 0.15) is 85.6 Å². The van der Waals surface area contributed by atoms with Crippen molar-refractivity contribution in [1.29, 1.82) is 0 Å². The number of nitrogens with one attached hydrogen (secondary N) is 3. The van der Waals surface area contributed by atoms with E-state index in [2.05, 4.69) is 29.5 Å². The van der Waals surface area contributed by atoms with Gasteiger partial charge in [0.05, 0.1) is 17.8 Å². The third-order valence-electron chi connectivity index (χ3n) is 10.6. The topological polar surface area (TPSA) is 172 Å². The van der Waals surface area contributed by atoms with Crippen LogP contribution in [0.4, 0.5) is 9.93 Å². The van der Waals surface area contributed by atoms with Crippen molar-refractivity contribution in [3.63, 3.8) is 0 Å². The number of para-hydroxylation sites is 1. The summed E-state index contributed by atoms with van der Waals surface area (Å²) in [5.74, 6) is -2.18. The molecule has 290 valence electrons. The fourth-order valence-corrected chi connectivity index (χ4v) is 8.34. The zero-order chi connectivity index (χ0) is 38.9. The number of carbonyl (C=O) groups is 4. The molecule has 3 amide bonds. The van der Waals surface area contributed by atoms with E-state index in [1.807, 2.05) is 64.3 Å². The van der Waals surface area contributed by atoms with Crippen LogP contribution in [0.5, 0.6) is 5.75 Å². The summed E-state index contributed by atoms with van der Waals surface area (Å²) in [6.07, 6.45) is 4.49. The number of aryl methyl sites for hydroxylation is 1. The minimum Gasteiger partial charge on any atom is -0.488 e. The molecule has 1 saturated heterocycles. The van der Waals surface area contributed by atoms with E-state index in [1.54, 1.807) is 0 Å². The smallest absolute Gasteiger partial charge is 0.408 e. The number of carboxylic acid groups (broad SMARTS) is 1. The van der Waals surface area contributed by atoms with Crippen molar-refractivity contribution in [2.75, 3.05) is 11.9 Å². The van der Waals surface area contributed by atoms with Crippen molar-refractivity contribution in [3.05, 3.63) is 47.9 Å². The first-order chi connectivity index (χ1) is 25.6. The number of nitrogens with zero attached hydrogens (tertiary/aromatic N) is 3. The second-order valence-electron chi connectivity index (χ2n) is 16.1. The number of likely N-dealkylation sites (tertiary alicyclic amines) is 1. The highest BCUT2D eigenvalue weighted by atomic mass is 32.1. The molecule has 4 N–H and O–H groups in total. The molecule has 3 fully saturated rings. The van der Waals surface area contributed by atoms with Crippen LogP contribution in [-0.4, -0.2) is 86.3 Å². The van der Waals surface area contributed by atoms with Gasteiger partial charge in [0.15, 0.2) is 5.13 Å². The van der Waals surface area contributed by atoms with Crippen LogP contribution in [0.3, 0.4) is 0 Å². The monoisotopic (exact) mass is 760 g/mol. The molecule has 3 heterocycles. The Bertz CT molecular complexity index is 1920. The van der Waals surface area contributed by atoms with Crippen LogP contribution in [-0.2, 0) is 25.5 Å². The van der Waals surface area contributed by atoms with E-state index in [0.717, 1.165) is 53.7 Å². The molecule has 1 aliphatic heterocycles. The predicted molar refractivity (Wildman–Crippen MR) is 207 cm³/mol. The Kier molecular flexibility index (Phi) is 11.2. The number of thiazole rings is 1. The minimum absolute atomic E-state index is 0.0135. The van der Waals surface area contributed by atoms with Gasteiger partial charge >= 0.3 is 12.1 Å². The van der Waals surface area contributed by atoms with Gasteiger partial charge in [-0.15, -0.1) is 17.9 Å². The second kappa shape index (κ2) is 15.6. The van der Waals surface area contributed by atoms with Gasteiger partial charge in [0, 0.05) is 35.2 Å². The Hall–Kier alpha value is -4.72. The van der Waals surface area contributed by atoms with Gasteiger partial charge in [-0.05, 0) is 69.4 Å². The lowest BCUT2D eigenvalue weighted by Crippen LogP contribution is -2.59. The van der Waals surface area contributed by atoms with E-state index in [0.29, 0.717) is 17.1 Å². The van der Waals surface area contributed by atoms with Gasteiger partial charge in [0.1, 0.15) is 41.3 Å². The lowest BCUT2D eigenvalue weighted by molar-refractivity contribution is -0.146. The maximum absolute atomic E-state index is 14.6. The number of ether oxygens (including phenoxy) is 2. The number of aromatic nitrogens is 2. The molecule has 6 rings (SSSR count). The molecule has 0 bridgehead atoms. The first-order valence-corrected chi connectivity index (χ1v) is 19.8. The van der Waals surface area contributed by atoms with Crippen molar-refractivity contribution >= 4 is 51.2 Å². The van der Waals surface area contributed by atoms with Gasteiger partial charge in [-0.3, -0.25) is 9.59 Å². The summed E-state index contributed by atoms with van der Waals surface area (Å²) in [4.78, 5) is 65.4. The number of pyridine rings is 1. The SMILES string of the molecule is C=C[C@@H]1C[C@]1(NC(=O)[C@@H]1C[C@@H](Oc2cc(-c3csc(NC(C)C)n3)nc3c(CC)cccc23)CN1C(=O)[C@@H](NC(=O)OC1CCCC1)C(C)(C)C)C(=O)O. The largest absolute Gasteiger partial charge is 0.488 e. The molecule has 0 unspecified atom stereocenters. The maximum Gasteiger partial charge on any atom is 0.408 e. The minimum atomic E-state index is -1.50. The summed E-state index contributed by atoms with van der Waals surface area (Å²) >= 11 is 1.49. The number of benzene rings is 1. The summed E-state index contributed by atoms with van der Waals surface area (Å²) in [5.41, 5.74) is 0.843. The van der Waals surface area contributed by atoms with Crippen LogP contribution >= 0.6 is 11.3 Å². The third kappa shape index (κ3) is 8.18. The van der Waals surface area contributed by atoms with E-state index in [9.17, 15) is 24.3 Å². The first-order valence-electron chi connectivity index (χ1n) is 18.9. The van der Waals surface area contributed by atoms with Crippen LogP contribution in [0.25, 0.3) is 22.3 Å². The quantitative estimate of drug-likeness (QED) is 0.145. The fourth-order valence-electron chi connectivity index (χ4n) is 7.49. The third-order valence-corrected chi connectivity index (χ3v) is 11.3. The Labute approximate surface area is 320 Å². The molecule has 3 aromatic rings. The van der Waals surface area contributed by atoms with Crippen molar-refractivity contribution in [3.8, 4) is 17.1 Å². The highest BCUT2D eigenvalue weighted by Gasteiger charge is 2.61. The molecule has 14 heteroatoms. The number of carbonyl (C=O) groups excluding carboxylic acids is 3. The van der Waals surface area contributed by atoms with Crippen LogP contribution in [0.15, 0.2) is 42.3 Å². The Morgan fingerprint density at radius 3 is 2.50 bits per heavy atom. The van der Waals surface area contributed by atoms with Gasteiger partial charge < -0.3 is 35.4 Å². The molecule has 2 aromatic heterocycles. The van der Waals surface area contributed by atoms with Gasteiger partial charge in [0.25, 0.3) is 0 Å². The highest BCUT2D eigenvalue weighted by molar-refractivity contribution is 7.14. The zero-order valence-corrected chi connectivity index (χ0v) is 32.8. The molecule has 54 heavy (non-hydrogen) atoms. The van der Waals surface area contributed by atoms with Gasteiger partial charge in [-0.2, -0.15) is 0 Å². The average molecular weight is 761 g/mol. The number of alkyl carbamates (subject to hydrolysis) is 1. The van der Waals surface area contributed by atoms with Crippen molar-refractivity contribution in [2.24, 2.45) is 11.3 Å². The standard InChI is InChI=1S/C40H52N6O7S/c1-8-23-13-12-16-27-31(18-28(42-32(23)27)29-21-54-37(43-29)41-22(3)4)52-26-17-30(34(47)45-40(36(49)50)19-24(40)9-2)46(20-26)35(48)33(39(5,6)7)44-38(51)53-25-14-10-11-15-25/h9,12-13,16,18,21-22,24-26,30,33H,2,8,10-11,14-15,17,19-20H2,1,3-7H3,(H,41,43)(H,44,51)(H,45,47)(H,49,50)/t24-,26-,30+,33-,40-/m1/s1. The number of carboxylic acids is 1. The molecular formula is C40H52N6O7S. The summed E-state index contributed by atoms with van der Waals surface area (Å²) in [6, 6.07) is 5.83. The van der Waals surface area contributed by atoms with E-state index in [4.69, 9.17) is 19.4 Å². The van der Waals surface area contributed by atoms with Crippen molar-refractivity contribution in [1.82, 2.24) is 25.5 Å². The molecule has 3 aliphatic rings. The van der Waals surface area contributed by atoms with Crippen molar-refractivity contribution in [2.45, 2.75) is 122 Å². The van der Waals surface area contributed by atoms with Crippen LogP contribution in [0.2, 0.25) is 0 Å². The molecule has 2 aliphatic carbocycles. The highest BCUT2D eigenvalue weighted by Crippen LogP contribution is 2.45. The summed E-state index contributed by atoms with van der Waals surface area (Å²) < 4.78 is 12.4. The fraction of sp³-hybridized carbons (Fsp3) is 0.550. The van der Waals surface area contributed by atoms with Gasteiger partial charge in [-0.25, -0.2) is 19.6 Å². The normalized spacial score (nSPS) is 23.2. The molecule has 0 radical (unpaired) electrons. The van der Waals surface area contributed by atoms with E-state index < -0.39 is 58.9 Å². The Balaban J connectivity index is 1.33. The number of fused-ring (bicyclic) bond motifs is 1. The van der Waals surface area contributed by atoms with Crippen LogP contribution in [0, 0.1) is 11.3 Å². The molecule has 5 atom stereocenters.